The van der Waals surface area contributed by atoms with Crippen molar-refractivity contribution in [2.45, 2.75) is 6.54 Å². The summed E-state index contributed by atoms with van der Waals surface area (Å²) >= 11 is 11.9. The summed E-state index contributed by atoms with van der Waals surface area (Å²) in [4.78, 5) is 16.2. The SMILES string of the molecule is O=C(Nc1ncn(Cc2cccc(Cl)c2)n1)c1ccccc1Cl. The molecule has 0 fully saturated rings. The molecule has 1 N–H and O–H groups in total. The average molecular weight is 347 g/mol. The monoisotopic (exact) mass is 346 g/mol. The maximum Gasteiger partial charge on any atom is 0.259 e. The molecule has 2 aromatic carbocycles. The Hall–Kier alpha value is -2.37. The lowest BCUT2D eigenvalue weighted by atomic mass is 10.2. The van der Waals surface area contributed by atoms with Crippen LogP contribution in [-0.2, 0) is 6.54 Å². The number of carbonyl (C=O) groups is 1. The zero-order valence-electron chi connectivity index (χ0n) is 11.9. The highest BCUT2D eigenvalue weighted by Gasteiger charge is 2.12. The molecule has 1 amide bonds. The van der Waals surface area contributed by atoms with Gasteiger partial charge >= 0.3 is 0 Å². The van der Waals surface area contributed by atoms with E-state index in [2.05, 4.69) is 15.4 Å². The Morgan fingerprint density at radius 1 is 1.13 bits per heavy atom. The maximum atomic E-state index is 12.1. The Kier molecular flexibility index (Phi) is 4.60. The Morgan fingerprint density at radius 3 is 2.74 bits per heavy atom. The van der Waals surface area contributed by atoms with Crippen molar-refractivity contribution >= 4 is 35.1 Å². The number of halogens is 2. The molecule has 0 spiro atoms. The van der Waals surface area contributed by atoms with Gasteiger partial charge in [-0.1, -0.05) is 47.5 Å². The minimum absolute atomic E-state index is 0.219. The summed E-state index contributed by atoms with van der Waals surface area (Å²) in [6.07, 6.45) is 1.54. The smallest absolute Gasteiger partial charge is 0.259 e. The van der Waals surface area contributed by atoms with Crippen LogP contribution in [0.5, 0.6) is 0 Å². The van der Waals surface area contributed by atoms with Crippen LogP contribution in [-0.4, -0.2) is 20.7 Å². The molecule has 0 atom stereocenters. The van der Waals surface area contributed by atoms with E-state index in [9.17, 15) is 4.79 Å². The standard InChI is InChI=1S/C16H12Cl2N4O/c17-12-5-3-4-11(8-12)9-22-10-19-16(21-22)20-15(23)13-6-1-2-7-14(13)18/h1-8,10H,9H2,(H,20,21,23). The van der Waals surface area contributed by atoms with Crippen LogP contribution in [0.25, 0.3) is 0 Å². The highest BCUT2D eigenvalue weighted by molar-refractivity contribution is 6.34. The van der Waals surface area contributed by atoms with E-state index >= 15 is 0 Å². The van der Waals surface area contributed by atoms with Crippen molar-refractivity contribution in [3.05, 3.63) is 76.0 Å². The van der Waals surface area contributed by atoms with Gasteiger partial charge in [-0.25, -0.2) is 9.67 Å². The largest absolute Gasteiger partial charge is 0.289 e. The minimum Gasteiger partial charge on any atom is -0.289 e. The van der Waals surface area contributed by atoms with Crippen molar-refractivity contribution in [1.82, 2.24) is 14.8 Å². The fourth-order valence-electron chi connectivity index (χ4n) is 2.06. The van der Waals surface area contributed by atoms with Gasteiger partial charge in [0, 0.05) is 5.02 Å². The molecule has 0 aliphatic heterocycles. The van der Waals surface area contributed by atoms with Crippen molar-refractivity contribution < 1.29 is 4.79 Å². The normalized spacial score (nSPS) is 10.5. The third kappa shape index (κ3) is 3.88. The van der Waals surface area contributed by atoms with Crippen molar-refractivity contribution in [3.8, 4) is 0 Å². The van der Waals surface area contributed by atoms with E-state index in [-0.39, 0.29) is 11.9 Å². The second-order valence-corrected chi connectivity index (χ2v) is 5.67. The second-order valence-electron chi connectivity index (χ2n) is 4.83. The van der Waals surface area contributed by atoms with Crippen LogP contribution < -0.4 is 5.32 Å². The van der Waals surface area contributed by atoms with Gasteiger partial charge in [0.1, 0.15) is 6.33 Å². The van der Waals surface area contributed by atoms with Crippen LogP contribution in [0.2, 0.25) is 10.0 Å². The Labute approximate surface area is 142 Å². The Bertz CT molecular complexity index is 847. The van der Waals surface area contributed by atoms with E-state index in [0.29, 0.717) is 22.2 Å². The summed E-state index contributed by atoms with van der Waals surface area (Å²) < 4.78 is 1.62. The van der Waals surface area contributed by atoms with E-state index < -0.39 is 0 Å². The topological polar surface area (TPSA) is 59.8 Å². The molecule has 0 aliphatic carbocycles. The maximum absolute atomic E-state index is 12.1. The number of benzene rings is 2. The number of nitrogens with zero attached hydrogens (tertiary/aromatic N) is 3. The minimum atomic E-state index is -0.351. The van der Waals surface area contributed by atoms with Gasteiger partial charge in [-0.2, -0.15) is 0 Å². The first-order chi connectivity index (χ1) is 11.1. The Balaban J connectivity index is 1.70. The van der Waals surface area contributed by atoms with Crippen molar-refractivity contribution in [3.63, 3.8) is 0 Å². The van der Waals surface area contributed by atoms with E-state index in [1.165, 1.54) is 0 Å². The molecule has 0 aliphatic rings. The number of amides is 1. The molecule has 1 aromatic heterocycles. The summed E-state index contributed by atoms with van der Waals surface area (Å²) in [5.74, 6) is -0.131. The molecular weight excluding hydrogens is 335 g/mol. The van der Waals surface area contributed by atoms with Gasteiger partial charge in [0.2, 0.25) is 5.95 Å². The molecular formula is C16H12Cl2N4O. The highest BCUT2D eigenvalue weighted by Crippen LogP contribution is 2.16. The molecule has 0 saturated heterocycles. The average Bonchev–Trinajstić information content (AvgIpc) is 2.94. The van der Waals surface area contributed by atoms with Gasteiger partial charge in [-0.3, -0.25) is 10.1 Å². The fourth-order valence-corrected chi connectivity index (χ4v) is 2.50. The number of carbonyl (C=O) groups excluding carboxylic acids is 1. The van der Waals surface area contributed by atoms with Crippen LogP contribution in [0.1, 0.15) is 15.9 Å². The van der Waals surface area contributed by atoms with Crippen molar-refractivity contribution in [1.29, 1.82) is 0 Å². The lowest BCUT2D eigenvalue weighted by Gasteiger charge is -2.03. The number of hydrogen-bond acceptors (Lipinski definition) is 3. The molecule has 23 heavy (non-hydrogen) atoms. The summed E-state index contributed by atoms with van der Waals surface area (Å²) in [7, 11) is 0. The van der Waals surface area contributed by atoms with Crippen molar-refractivity contribution in [2.75, 3.05) is 5.32 Å². The van der Waals surface area contributed by atoms with Gasteiger partial charge in [0.15, 0.2) is 0 Å². The molecule has 0 radical (unpaired) electrons. The molecule has 0 saturated carbocycles. The number of anilines is 1. The summed E-state index contributed by atoms with van der Waals surface area (Å²) in [6, 6.07) is 14.3. The summed E-state index contributed by atoms with van der Waals surface area (Å²) in [5.41, 5.74) is 1.37. The third-order valence-electron chi connectivity index (χ3n) is 3.11. The third-order valence-corrected chi connectivity index (χ3v) is 3.68. The first-order valence-corrected chi connectivity index (χ1v) is 7.57. The highest BCUT2D eigenvalue weighted by atomic mass is 35.5. The first-order valence-electron chi connectivity index (χ1n) is 6.81. The van der Waals surface area contributed by atoms with Crippen LogP contribution in [0.15, 0.2) is 54.9 Å². The second kappa shape index (κ2) is 6.81. The van der Waals surface area contributed by atoms with E-state index in [4.69, 9.17) is 23.2 Å². The van der Waals surface area contributed by atoms with E-state index in [1.54, 1.807) is 35.3 Å². The lowest BCUT2D eigenvalue weighted by Crippen LogP contribution is -2.14. The van der Waals surface area contributed by atoms with Gasteiger partial charge in [-0.05, 0) is 29.8 Å². The van der Waals surface area contributed by atoms with Crippen LogP contribution in [0.4, 0.5) is 5.95 Å². The van der Waals surface area contributed by atoms with Gasteiger partial charge < -0.3 is 0 Å². The number of nitrogens with one attached hydrogen (secondary N) is 1. The molecule has 3 rings (SSSR count). The first kappa shape index (κ1) is 15.5. The van der Waals surface area contributed by atoms with Crippen LogP contribution in [0, 0.1) is 0 Å². The van der Waals surface area contributed by atoms with E-state index in [1.807, 2.05) is 24.3 Å². The molecule has 3 aromatic rings. The quantitative estimate of drug-likeness (QED) is 0.779. The number of rotatable bonds is 4. The molecule has 7 heteroatoms. The van der Waals surface area contributed by atoms with Gasteiger partial charge in [0.05, 0.1) is 17.1 Å². The molecule has 5 nitrogen and oxygen atoms in total. The van der Waals surface area contributed by atoms with Crippen LogP contribution >= 0.6 is 23.2 Å². The van der Waals surface area contributed by atoms with Crippen molar-refractivity contribution in [2.24, 2.45) is 0 Å². The zero-order chi connectivity index (χ0) is 16.2. The van der Waals surface area contributed by atoms with Crippen LogP contribution in [0.3, 0.4) is 0 Å². The molecule has 0 bridgehead atoms. The predicted molar refractivity (Wildman–Crippen MR) is 90.0 cm³/mol. The lowest BCUT2D eigenvalue weighted by molar-refractivity contribution is 0.102. The fraction of sp³-hybridized carbons (Fsp3) is 0.0625. The van der Waals surface area contributed by atoms with Gasteiger partial charge in [0.25, 0.3) is 5.91 Å². The summed E-state index contributed by atoms with van der Waals surface area (Å²) in [6.45, 7) is 0.509. The number of aromatic nitrogens is 3. The van der Waals surface area contributed by atoms with Gasteiger partial charge in [-0.15, -0.1) is 5.10 Å². The molecule has 116 valence electrons. The zero-order valence-corrected chi connectivity index (χ0v) is 13.4. The predicted octanol–water partition coefficient (Wildman–Crippen LogP) is 3.89. The molecule has 1 heterocycles. The Morgan fingerprint density at radius 2 is 1.96 bits per heavy atom. The van der Waals surface area contributed by atoms with E-state index in [0.717, 1.165) is 5.56 Å². The number of hydrogen-bond donors (Lipinski definition) is 1. The summed E-state index contributed by atoms with van der Waals surface area (Å²) in [5, 5.41) is 7.88. The molecule has 0 unspecified atom stereocenters.